The van der Waals surface area contributed by atoms with Crippen LogP contribution in [0.4, 0.5) is 0 Å². The number of rotatable bonds is 2. The van der Waals surface area contributed by atoms with Crippen LogP contribution in [-0.4, -0.2) is 33.8 Å². The number of hydrogen-bond acceptors (Lipinski definition) is 4. The van der Waals surface area contributed by atoms with E-state index in [0.717, 1.165) is 12.8 Å². The Kier molecular flexibility index (Phi) is 2.58. The van der Waals surface area contributed by atoms with Crippen molar-refractivity contribution in [2.24, 2.45) is 13.0 Å². The van der Waals surface area contributed by atoms with Crippen LogP contribution in [-0.2, 0) is 11.8 Å². The summed E-state index contributed by atoms with van der Waals surface area (Å²) in [5.41, 5.74) is 0. The molecule has 0 aromatic carbocycles. The van der Waals surface area contributed by atoms with Crippen molar-refractivity contribution in [1.82, 2.24) is 14.8 Å². The van der Waals surface area contributed by atoms with E-state index in [2.05, 4.69) is 10.1 Å². The van der Waals surface area contributed by atoms with E-state index in [1.165, 1.54) is 11.0 Å². The molecule has 0 N–H and O–H groups in total. The number of aromatic nitrogens is 3. The highest BCUT2D eigenvalue weighted by Gasteiger charge is 2.25. The molecule has 1 aliphatic heterocycles. The van der Waals surface area contributed by atoms with Crippen LogP contribution in [0, 0.1) is 5.92 Å². The van der Waals surface area contributed by atoms with Gasteiger partial charge >= 0.3 is 0 Å². The molecule has 0 aliphatic carbocycles. The van der Waals surface area contributed by atoms with Gasteiger partial charge in [-0.2, -0.15) is 5.10 Å². The Morgan fingerprint density at radius 2 is 2.29 bits per heavy atom. The van der Waals surface area contributed by atoms with Gasteiger partial charge in [0.2, 0.25) is 5.78 Å². The molecule has 0 atom stereocenters. The summed E-state index contributed by atoms with van der Waals surface area (Å²) < 4.78 is 6.73. The van der Waals surface area contributed by atoms with Crippen LogP contribution in [0.25, 0.3) is 0 Å². The molecular formula is C9H13N3O2. The largest absolute Gasteiger partial charge is 0.381 e. The maximum Gasteiger partial charge on any atom is 0.203 e. The fourth-order valence-corrected chi connectivity index (χ4v) is 1.66. The number of nitrogens with zero attached hydrogens (tertiary/aromatic N) is 3. The monoisotopic (exact) mass is 195 g/mol. The van der Waals surface area contributed by atoms with Gasteiger partial charge in [0.1, 0.15) is 6.33 Å². The van der Waals surface area contributed by atoms with Crippen LogP contribution in [0.15, 0.2) is 6.33 Å². The van der Waals surface area contributed by atoms with Crippen molar-refractivity contribution in [2.75, 3.05) is 13.2 Å². The van der Waals surface area contributed by atoms with Crippen LogP contribution < -0.4 is 0 Å². The van der Waals surface area contributed by atoms with E-state index in [4.69, 9.17) is 4.74 Å². The predicted octanol–water partition coefficient (Wildman–Crippen LogP) is 0.424. The molecule has 2 heterocycles. The van der Waals surface area contributed by atoms with Gasteiger partial charge in [-0.1, -0.05) is 0 Å². The molecule has 76 valence electrons. The first-order valence-corrected chi connectivity index (χ1v) is 4.75. The number of Topliss-reactive ketones (excluding diaryl/α,β-unsaturated/α-hetero) is 1. The summed E-state index contributed by atoms with van der Waals surface area (Å²) in [6.45, 7) is 1.35. The average molecular weight is 195 g/mol. The standard InChI is InChI=1S/C9H13N3O2/c1-12-9(10-6-11-12)8(13)7-2-4-14-5-3-7/h6-7H,2-5H2,1H3. The lowest BCUT2D eigenvalue weighted by atomic mass is 9.95. The lowest BCUT2D eigenvalue weighted by Crippen LogP contribution is -2.25. The summed E-state index contributed by atoms with van der Waals surface area (Å²) in [6, 6.07) is 0. The van der Waals surface area contributed by atoms with Gasteiger partial charge in [-0.05, 0) is 12.8 Å². The Balaban J connectivity index is 2.11. The Labute approximate surface area is 82.1 Å². The molecule has 5 nitrogen and oxygen atoms in total. The van der Waals surface area contributed by atoms with Crippen molar-refractivity contribution in [2.45, 2.75) is 12.8 Å². The first-order valence-electron chi connectivity index (χ1n) is 4.75. The minimum Gasteiger partial charge on any atom is -0.381 e. The smallest absolute Gasteiger partial charge is 0.203 e. The van der Waals surface area contributed by atoms with Gasteiger partial charge < -0.3 is 4.74 Å². The lowest BCUT2D eigenvalue weighted by Gasteiger charge is -2.19. The second-order valence-corrected chi connectivity index (χ2v) is 3.46. The summed E-state index contributed by atoms with van der Waals surface area (Å²) in [4.78, 5) is 15.9. The van der Waals surface area contributed by atoms with Gasteiger partial charge in [0.15, 0.2) is 5.82 Å². The van der Waals surface area contributed by atoms with Gasteiger partial charge in [0, 0.05) is 26.2 Å². The third kappa shape index (κ3) is 1.68. The second kappa shape index (κ2) is 3.88. The molecule has 0 amide bonds. The van der Waals surface area contributed by atoms with Gasteiger partial charge in [0.25, 0.3) is 0 Å². The van der Waals surface area contributed by atoms with Crippen LogP contribution >= 0.6 is 0 Å². The quantitative estimate of drug-likeness (QED) is 0.642. The SMILES string of the molecule is Cn1ncnc1C(=O)C1CCOCC1. The minimum atomic E-state index is 0.0617. The lowest BCUT2D eigenvalue weighted by molar-refractivity contribution is 0.0535. The van der Waals surface area contributed by atoms with E-state index in [0.29, 0.717) is 19.0 Å². The van der Waals surface area contributed by atoms with Gasteiger partial charge in [-0.15, -0.1) is 0 Å². The first kappa shape index (κ1) is 9.33. The summed E-state index contributed by atoms with van der Waals surface area (Å²) in [7, 11) is 1.74. The minimum absolute atomic E-state index is 0.0617. The van der Waals surface area contributed by atoms with Crippen molar-refractivity contribution < 1.29 is 9.53 Å². The molecule has 1 fully saturated rings. The summed E-state index contributed by atoms with van der Waals surface area (Å²) in [5.74, 6) is 0.608. The molecule has 1 aromatic heterocycles. The molecule has 14 heavy (non-hydrogen) atoms. The van der Waals surface area contributed by atoms with Crippen LogP contribution in [0.2, 0.25) is 0 Å². The molecule has 0 radical (unpaired) electrons. The highest BCUT2D eigenvalue weighted by molar-refractivity contribution is 5.94. The molecule has 1 aromatic rings. The molecule has 5 heteroatoms. The Morgan fingerprint density at radius 1 is 1.57 bits per heavy atom. The van der Waals surface area contributed by atoms with E-state index in [1.54, 1.807) is 7.05 Å². The van der Waals surface area contributed by atoms with Gasteiger partial charge in [-0.25, -0.2) is 9.67 Å². The summed E-state index contributed by atoms with van der Waals surface area (Å²) >= 11 is 0. The normalized spacial score (nSPS) is 18.4. The van der Waals surface area contributed by atoms with E-state index in [1.807, 2.05) is 0 Å². The fourth-order valence-electron chi connectivity index (χ4n) is 1.66. The third-order valence-electron chi connectivity index (χ3n) is 2.52. The predicted molar refractivity (Wildman–Crippen MR) is 48.9 cm³/mol. The van der Waals surface area contributed by atoms with Crippen LogP contribution in [0.5, 0.6) is 0 Å². The van der Waals surface area contributed by atoms with E-state index in [-0.39, 0.29) is 11.7 Å². The molecule has 0 bridgehead atoms. The zero-order valence-electron chi connectivity index (χ0n) is 8.14. The van der Waals surface area contributed by atoms with E-state index in [9.17, 15) is 4.79 Å². The van der Waals surface area contributed by atoms with Crippen molar-refractivity contribution >= 4 is 5.78 Å². The third-order valence-corrected chi connectivity index (χ3v) is 2.52. The zero-order chi connectivity index (χ0) is 9.97. The molecule has 0 unspecified atom stereocenters. The number of ether oxygens (including phenoxy) is 1. The molecular weight excluding hydrogens is 182 g/mol. The van der Waals surface area contributed by atoms with Crippen molar-refractivity contribution in [3.05, 3.63) is 12.2 Å². The fraction of sp³-hybridized carbons (Fsp3) is 0.667. The molecule has 0 spiro atoms. The van der Waals surface area contributed by atoms with Crippen molar-refractivity contribution in [1.29, 1.82) is 0 Å². The number of carbonyl (C=O) groups is 1. The van der Waals surface area contributed by atoms with Gasteiger partial charge in [0.05, 0.1) is 0 Å². The highest BCUT2D eigenvalue weighted by atomic mass is 16.5. The second-order valence-electron chi connectivity index (χ2n) is 3.46. The Bertz CT molecular complexity index is 329. The first-order chi connectivity index (χ1) is 6.79. The van der Waals surface area contributed by atoms with E-state index >= 15 is 0 Å². The maximum atomic E-state index is 11.9. The van der Waals surface area contributed by atoms with Crippen molar-refractivity contribution in [3.8, 4) is 0 Å². The number of hydrogen-bond donors (Lipinski definition) is 0. The number of ketones is 1. The van der Waals surface area contributed by atoms with Crippen LogP contribution in [0.1, 0.15) is 23.5 Å². The molecule has 1 saturated heterocycles. The Morgan fingerprint density at radius 3 is 2.86 bits per heavy atom. The maximum absolute atomic E-state index is 11.9. The van der Waals surface area contributed by atoms with E-state index < -0.39 is 0 Å². The van der Waals surface area contributed by atoms with Crippen molar-refractivity contribution in [3.63, 3.8) is 0 Å². The average Bonchev–Trinajstić information content (AvgIpc) is 2.65. The molecule has 0 saturated carbocycles. The topological polar surface area (TPSA) is 57.0 Å². The number of carbonyl (C=O) groups excluding carboxylic acids is 1. The van der Waals surface area contributed by atoms with Gasteiger partial charge in [-0.3, -0.25) is 4.79 Å². The summed E-state index contributed by atoms with van der Waals surface area (Å²) in [6.07, 6.45) is 3.00. The zero-order valence-corrected chi connectivity index (χ0v) is 8.14. The number of aryl methyl sites for hydroxylation is 1. The molecule has 2 rings (SSSR count). The Hall–Kier alpha value is -1.23. The van der Waals surface area contributed by atoms with Crippen LogP contribution in [0.3, 0.4) is 0 Å². The molecule has 1 aliphatic rings. The summed E-state index contributed by atoms with van der Waals surface area (Å²) in [5, 5.41) is 3.89. The highest BCUT2D eigenvalue weighted by Crippen LogP contribution is 2.18.